The number of nitrogens with zero attached hydrogens (tertiary/aromatic N) is 1. The van der Waals surface area contributed by atoms with Crippen LogP contribution in [0.3, 0.4) is 0 Å². The molecule has 1 amide bonds. The van der Waals surface area contributed by atoms with Crippen molar-refractivity contribution < 1.29 is 22.7 Å². The molecule has 1 saturated heterocycles. The van der Waals surface area contributed by atoms with Crippen LogP contribution in [0.1, 0.15) is 62.2 Å². The van der Waals surface area contributed by atoms with Crippen molar-refractivity contribution in [3.05, 3.63) is 29.8 Å². The zero-order valence-corrected chi connectivity index (χ0v) is 17.7. The minimum atomic E-state index is -3.63. The lowest BCUT2D eigenvalue weighted by Gasteiger charge is -2.29. The molecule has 1 aromatic carbocycles. The van der Waals surface area contributed by atoms with Crippen LogP contribution >= 0.6 is 0 Å². The summed E-state index contributed by atoms with van der Waals surface area (Å²) in [6.07, 6.45) is 7.01. The van der Waals surface area contributed by atoms with E-state index in [0.29, 0.717) is 19.0 Å². The second-order valence-electron chi connectivity index (χ2n) is 8.00. The van der Waals surface area contributed by atoms with Crippen LogP contribution in [0, 0.1) is 5.92 Å². The molecule has 8 heteroatoms. The minimum Gasteiger partial charge on any atom is -0.452 e. The van der Waals surface area contributed by atoms with Crippen LogP contribution in [0.5, 0.6) is 0 Å². The van der Waals surface area contributed by atoms with Crippen molar-refractivity contribution in [2.75, 3.05) is 19.7 Å². The van der Waals surface area contributed by atoms with E-state index in [-0.39, 0.29) is 29.0 Å². The fourth-order valence-corrected chi connectivity index (χ4v) is 5.59. The lowest BCUT2D eigenvalue weighted by atomic mass is 9.86. The lowest BCUT2D eigenvalue weighted by Crippen LogP contribution is -2.42. The van der Waals surface area contributed by atoms with Gasteiger partial charge >= 0.3 is 5.97 Å². The molecular formula is C21H30N2O5S. The highest BCUT2D eigenvalue weighted by Gasteiger charge is 2.27. The second-order valence-corrected chi connectivity index (χ2v) is 9.94. The van der Waals surface area contributed by atoms with E-state index in [1.54, 1.807) is 0 Å². The first kappa shape index (κ1) is 21.8. The van der Waals surface area contributed by atoms with E-state index >= 15 is 0 Å². The summed E-state index contributed by atoms with van der Waals surface area (Å²) in [4.78, 5) is 24.6. The monoisotopic (exact) mass is 422 g/mol. The fraction of sp³-hybridized carbons (Fsp3) is 0.619. The molecule has 0 aromatic heterocycles. The molecule has 0 radical (unpaired) electrons. The lowest BCUT2D eigenvalue weighted by molar-refractivity contribution is -0.125. The third-order valence-corrected chi connectivity index (χ3v) is 7.71. The van der Waals surface area contributed by atoms with Crippen LogP contribution in [0.25, 0.3) is 0 Å². The predicted molar refractivity (Wildman–Crippen MR) is 109 cm³/mol. The second kappa shape index (κ2) is 9.71. The highest BCUT2D eigenvalue weighted by atomic mass is 32.2. The van der Waals surface area contributed by atoms with Crippen molar-refractivity contribution in [2.45, 2.75) is 62.8 Å². The maximum atomic E-state index is 12.8. The molecule has 1 aliphatic heterocycles. The van der Waals surface area contributed by atoms with E-state index in [4.69, 9.17) is 4.74 Å². The number of benzene rings is 1. The summed E-state index contributed by atoms with van der Waals surface area (Å²) >= 11 is 0. The number of sulfonamides is 1. The maximum Gasteiger partial charge on any atom is 0.338 e. The molecule has 3 rings (SSSR count). The van der Waals surface area contributed by atoms with Crippen molar-refractivity contribution in [3.8, 4) is 0 Å². The van der Waals surface area contributed by atoms with Gasteiger partial charge in [-0.1, -0.05) is 32.3 Å². The van der Waals surface area contributed by atoms with Crippen LogP contribution in [-0.4, -0.2) is 50.3 Å². The van der Waals surface area contributed by atoms with Crippen molar-refractivity contribution in [2.24, 2.45) is 5.92 Å². The number of hydrogen-bond donors (Lipinski definition) is 1. The molecule has 29 heavy (non-hydrogen) atoms. The number of rotatable bonds is 6. The van der Waals surface area contributed by atoms with Crippen LogP contribution in [0.2, 0.25) is 0 Å². The molecule has 0 bridgehead atoms. The van der Waals surface area contributed by atoms with Gasteiger partial charge in [0.25, 0.3) is 5.91 Å². The molecule has 1 aliphatic carbocycles. The molecule has 1 aromatic rings. The largest absolute Gasteiger partial charge is 0.452 e. The zero-order chi connectivity index (χ0) is 20.9. The van der Waals surface area contributed by atoms with E-state index in [2.05, 4.69) is 12.2 Å². The van der Waals surface area contributed by atoms with E-state index in [1.165, 1.54) is 35.0 Å². The predicted octanol–water partition coefficient (Wildman–Crippen LogP) is 2.71. The Morgan fingerprint density at radius 2 is 1.83 bits per heavy atom. The van der Waals surface area contributed by atoms with Gasteiger partial charge in [-0.15, -0.1) is 0 Å². The number of amides is 1. The Kier molecular flexibility index (Phi) is 7.29. The summed E-state index contributed by atoms with van der Waals surface area (Å²) in [6, 6.07) is 5.95. The van der Waals surface area contributed by atoms with Gasteiger partial charge in [-0.05, 0) is 49.8 Å². The third kappa shape index (κ3) is 5.57. The first-order valence-corrected chi connectivity index (χ1v) is 11.9. The summed E-state index contributed by atoms with van der Waals surface area (Å²) in [6.45, 7) is 2.74. The molecule has 7 nitrogen and oxygen atoms in total. The Hall–Kier alpha value is -1.93. The standard InChI is InChI=1S/C21H30N2O5S/c1-16-8-3-4-11-19(16)22-20(24)15-28-21(25)17-9-7-10-18(14-17)29(26,27)23-12-5-2-6-13-23/h7,9-10,14,16,19H,2-6,8,11-13,15H2,1H3,(H,22,24)/t16-,19-/m0/s1. The average molecular weight is 423 g/mol. The van der Waals surface area contributed by atoms with E-state index in [0.717, 1.165) is 38.5 Å². The zero-order valence-electron chi connectivity index (χ0n) is 16.9. The highest BCUT2D eigenvalue weighted by molar-refractivity contribution is 7.89. The number of hydrogen-bond acceptors (Lipinski definition) is 5. The molecule has 1 saturated carbocycles. The van der Waals surface area contributed by atoms with Gasteiger partial charge in [-0.2, -0.15) is 4.31 Å². The molecule has 0 unspecified atom stereocenters. The SMILES string of the molecule is C[C@H]1CCCC[C@@H]1NC(=O)COC(=O)c1cccc(S(=O)(=O)N2CCCCC2)c1. The van der Waals surface area contributed by atoms with Crippen LogP contribution < -0.4 is 5.32 Å². The van der Waals surface area contributed by atoms with Gasteiger partial charge < -0.3 is 10.1 Å². The maximum absolute atomic E-state index is 12.8. The fourth-order valence-electron chi connectivity index (χ4n) is 4.03. The van der Waals surface area contributed by atoms with Crippen molar-refractivity contribution in [1.82, 2.24) is 9.62 Å². The Balaban J connectivity index is 1.58. The third-order valence-electron chi connectivity index (χ3n) is 5.81. The number of nitrogens with one attached hydrogen (secondary N) is 1. The molecule has 2 aliphatic rings. The highest BCUT2D eigenvalue weighted by Crippen LogP contribution is 2.24. The quantitative estimate of drug-likeness (QED) is 0.712. The Morgan fingerprint density at radius 3 is 2.55 bits per heavy atom. The molecule has 0 spiro atoms. The molecule has 2 fully saturated rings. The smallest absolute Gasteiger partial charge is 0.338 e. The van der Waals surface area contributed by atoms with E-state index < -0.39 is 16.0 Å². The van der Waals surface area contributed by atoms with Gasteiger partial charge in [-0.25, -0.2) is 13.2 Å². The summed E-state index contributed by atoms with van der Waals surface area (Å²) in [5, 5.41) is 2.94. The first-order chi connectivity index (χ1) is 13.9. The minimum absolute atomic E-state index is 0.0781. The van der Waals surface area contributed by atoms with Gasteiger partial charge in [0, 0.05) is 19.1 Å². The van der Waals surface area contributed by atoms with Crippen LogP contribution in [0.4, 0.5) is 0 Å². The van der Waals surface area contributed by atoms with Gasteiger partial charge in [0.15, 0.2) is 6.61 Å². The average Bonchev–Trinajstić information content (AvgIpc) is 2.74. The summed E-state index contributed by atoms with van der Waals surface area (Å²) in [5.74, 6) is -0.609. The number of carbonyl (C=O) groups excluding carboxylic acids is 2. The molecule has 1 N–H and O–H groups in total. The topological polar surface area (TPSA) is 92.8 Å². The van der Waals surface area contributed by atoms with Crippen molar-refractivity contribution >= 4 is 21.9 Å². The first-order valence-electron chi connectivity index (χ1n) is 10.4. The van der Waals surface area contributed by atoms with Crippen molar-refractivity contribution in [1.29, 1.82) is 0 Å². The molecule has 160 valence electrons. The summed E-state index contributed by atoms with van der Waals surface area (Å²) < 4.78 is 32.2. The molecule has 1 heterocycles. The number of esters is 1. The van der Waals surface area contributed by atoms with E-state index in [1.807, 2.05) is 0 Å². The normalized spacial score (nSPS) is 23.3. The Morgan fingerprint density at radius 1 is 1.10 bits per heavy atom. The Bertz CT molecular complexity index is 833. The number of carbonyl (C=O) groups is 2. The molecule has 2 atom stereocenters. The van der Waals surface area contributed by atoms with Crippen LogP contribution in [-0.2, 0) is 19.6 Å². The van der Waals surface area contributed by atoms with Gasteiger partial charge in [0.2, 0.25) is 10.0 Å². The van der Waals surface area contributed by atoms with Gasteiger partial charge in [-0.3, -0.25) is 4.79 Å². The van der Waals surface area contributed by atoms with Gasteiger partial charge in [0.1, 0.15) is 0 Å². The van der Waals surface area contributed by atoms with Crippen molar-refractivity contribution in [3.63, 3.8) is 0 Å². The van der Waals surface area contributed by atoms with Gasteiger partial charge in [0.05, 0.1) is 10.5 Å². The number of ether oxygens (including phenoxy) is 1. The number of piperidine rings is 1. The Labute approximate surface area is 172 Å². The summed E-state index contributed by atoms with van der Waals surface area (Å²) in [7, 11) is -3.63. The summed E-state index contributed by atoms with van der Waals surface area (Å²) in [5.41, 5.74) is 0.127. The van der Waals surface area contributed by atoms with E-state index in [9.17, 15) is 18.0 Å². The van der Waals surface area contributed by atoms with Crippen LogP contribution in [0.15, 0.2) is 29.2 Å². The molecular weight excluding hydrogens is 392 g/mol.